The minimum Gasteiger partial charge on any atom is -0.497 e. The van der Waals surface area contributed by atoms with E-state index in [0.717, 1.165) is 0 Å². The number of nitrogens with one attached hydrogen (secondary N) is 1. The molecule has 0 aromatic heterocycles. The van der Waals surface area contributed by atoms with Crippen LogP contribution in [0.2, 0.25) is 0 Å². The summed E-state index contributed by atoms with van der Waals surface area (Å²) in [5.74, 6) is -0.623. The van der Waals surface area contributed by atoms with Crippen molar-refractivity contribution in [2.45, 2.75) is 13.0 Å². The van der Waals surface area contributed by atoms with E-state index in [2.05, 4.69) is 5.32 Å². The molecule has 2 aromatic carbocycles. The van der Waals surface area contributed by atoms with Gasteiger partial charge in [0.15, 0.2) is 12.7 Å². The Labute approximate surface area is 156 Å². The third kappa shape index (κ3) is 6.03. The van der Waals surface area contributed by atoms with Crippen LogP contribution in [0.25, 0.3) is 0 Å². The molecule has 8 heteroatoms. The van der Waals surface area contributed by atoms with Crippen molar-refractivity contribution in [1.29, 1.82) is 0 Å². The van der Waals surface area contributed by atoms with Gasteiger partial charge in [-0.25, -0.2) is 4.79 Å². The van der Waals surface area contributed by atoms with Crippen LogP contribution in [0.4, 0.5) is 5.69 Å². The van der Waals surface area contributed by atoms with Crippen LogP contribution in [-0.4, -0.2) is 37.6 Å². The first-order valence-corrected chi connectivity index (χ1v) is 8.06. The monoisotopic (exact) mass is 372 g/mol. The first kappa shape index (κ1) is 19.8. The Morgan fingerprint density at radius 3 is 2.15 bits per heavy atom. The van der Waals surface area contributed by atoms with Gasteiger partial charge in [-0.3, -0.25) is 9.59 Å². The van der Waals surface area contributed by atoms with Gasteiger partial charge in [0.1, 0.15) is 11.5 Å². The SMILES string of the molecule is COc1ccc(OCC(=O)O[C@H](C)C(=O)Nc2ccc(C(N)=O)cc2)cc1. The van der Waals surface area contributed by atoms with Crippen molar-refractivity contribution in [2.24, 2.45) is 5.73 Å². The predicted molar refractivity (Wildman–Crippen MR) is 97.6 cm³/mol. The minimum atomic E-state index is -1.02. The molecule has 0 aliphatic rings. The molecule has 0 heterocycles. The number of hydrogen-bond donors (Lipinski definition) is 2. The summed E-state index contributed by atoms with van der Waals surface area (Å²) in [6.45, 7) is 1.11. The van der Waals surface area contributed by atoms with Crippen molar-refractivity contribution < 1.29 is 28.6 Å². The summed E-state index contributed by atoms with van der Waals surface area (Å²) in [5.41, 5.74) is 5.92. The van der Waals surface area contributed by atoms with E-state index >= 15 is 0 Å². The third-order valence-corrected chi connectivity index (χ3v) is 3.53. The Bertz CT molecular complexity index is 802. The van der Waals surface area contributed by atoms with Crippen LogP contribution in [0.5, 0.6) is 11.5 Å². The molecule has 0 saturated carbocycles. The van der Waals surface area contributed by atoms with E-state index in [-0.39, 0.29) is 6.61 Å². The Hall–Kier alpha value is -3.55. The van der Waals surface area contributed by atoms with Crippen molar-refractivity contribution in [1.82, 2.24) is 0 Å². The fourth-order valence-electron chi connectivity index (χ4n) is 2.06. The Morgan fingerprint density at radius 1 is 1.00 bits per heavy atom. The van der Waals surface area contributed by atoms with E-state index in [4.69, 9.17) is 19.9 Å². The molecule has 8 nitrogen and oxygen atoms in total. The number of ether oxygens (including phenoxy) is 3. The van der Waals surface area contributed by atoms with E-state index in [1.54, 1.807) is 31.4 Å². The van der Waals surface area contributed by atoms with Gasteiger partial charge in [0.2, 0.25) is 5.91 Å². The summed E-state index contributed by atoms with van der Waals surface area (Å²) in [6.07, 6.45) is -1.02. The lowest BCUT2D eigenvalue weighted by Gasteiger charge is -2.14. The van der Waals surface area contributed by atoms with Gasteiger partial charge in [-0.05, 0) is 55.5 Å². The standard InChI is InChI=1S/C19H20N2O6/c1-12(19(24)21-14-5-3-13(4-6-14)18(20)23)27-17(22)11-26-16-9-7-15(25-2)8-10-16/h3-10,12H,11H2,1-2H3,(H2,20,23)(H,21,24)/t12-/m1/s1. The average Bonchev–Trinajstić information content (AvgIpc) is 2.67. The number of carbonyl (C=O) groups excluding carboxylic acids is 3. The van der Waals surface area contributed by atoms with Crippen LogP contribution < -0.4 is 20.5 Å². The molecule has 0 saturated heterocycles. The average molecular weight is 372 g/mol. The maximum absolute atomic E-state index is 12.1. The Balaban J connectivity index is 1.80. The quantitative estimate of drug-likeness (QED) is 0.682. The van der Waals surface area contributed by atoms with Gasteiger partial charge in [0.25, 0.3) is 5.91 Å². The second-order valence-electron chi connectivity index (χ2n) is 5.53. The van der Waals surface area contributed by atoms with Gasteiger partial charge in [0, 0.05) is 11.3 Å². The number of benzene rings is 2. The highest BCUT2D eigenvalue weighted by Gasteiger charge is 2.18. The lowest BCUT2D eigenvalue weighted by atomic mass is 10.2. The summed E-state index contributed by atoms with van der Waals surface area (Å²) in [4.78, 5) is 34.9. The normalized spacial score (nSPS) is 11.2. The van der Waals surface area contributed by atoms with Crippen LogP contribution in [0.15, 0.2) is 48.5 Å². The highest BCUT2D eigenvalue weighted by atomic mass is 16.6. The molecule has 3 N–H and O–H groups in total. The van der Waals surface area contributed by atoms with Crippen molar-refractivity contribution >= 4 is 23.5 Å². The van der Waals surface area contributed by atoms with E-state index < -0.39 is 23.9 Å². The molecular formula is C19H20N2O6. The number of nitrogens with two attached hydrogens (primary N) is 1. The van der Waals surface area contributed by atoms with E-state index in [0.29, 0.717) is 22.7 Å². The molecule has 142 valence electrons. The summed E-state index contributed by atoms with van der Waals surface area (Å²) < 4.78 is 15.4. The molecule has 27 heavy (non-hydrogen) atoms. The highest BCUT2D eigenvalue weighted by Crippen LogP contribution is 2.17. The third-order valence-electron chi connectivity index (χ3n) is 3.53. The van der Waals surface area contributed by atoms with Gasteiger partial charge >= 0.3 is 5.97 Å². The topological polar surface area (TPSA) is 117 Å². The largest absolute Gasteiger partial charge is 0.497 e. The van der Waals surface area contributed by atoms with Crippen molar-refractivity contribution in [3.63, 3.8) is 0 Å². The zero-order valence-corrected chi connectivity index (χ0v) is 14.9. The zero-order chi connectivity index (χ0) is 19.8. The second-order valence-corrected chi connectivity index (χ2v) is 5.53. The summed E-state index contributed by atoms with van der Waals surface area (Å²) >= 11 is 0. The molecular weight excluding hydrogens is 352 g/mol. The van der Waals surface area contributed by atoms with Crippen molar-refractivity contribution in [2.75, 3.05) is 19.0 Å². The lowest BCUT2D eigenvalue weighted by molar-refractivity contribution is -0.155. The maximum atomic E-state index is 12.1. The number of carbonyl (C=O) groups is 3. The lowest BCUT2D eigenvalue weighted by Crippen LogP contribution is -2.31. The van der Waals surface area contributed by atoms with Crippen molar-refractivity contribution in [3.05, 3.63) is 54.1 Å². The first-order valence-electron chi connectivity index (χ1n) is 8.06. The molecule has 0 bridgehead atoms. The maximum Gasteiger partial charge on any atom is 0.344 e. The number of hydrogen-bond acceptors (Lipinski definition) is 6. The smallest absolute Gasteiger partial charge is 0.344 e. The van der Waals surface area contributed by atoms with E-state index in [9.17, 15) is 14.4 Å². The van der Waals surface area contributed by atoms with Crippen LogP contribution in [0.3, 0.4) is 0 Å². The molecule has 0 radical (unpaired) electrons. The molecule has 2 aromatic rings. The number of anilines is 1. The summed E-state index contributed by atoms with van der Waals surface area (Å²) in [5, 5.41) is 2.58. The fraction of sp³-hybridized carbons (Fsp3) is 0.211. The summed E-state index contributed by atoms with van der Waals surface area (Å²) in [6, 6.07) is 12.7. The van der Waals surface area contributed by atoms with Crippen LogP contribution in [0.1, 0.15) is 17.3 Å². The Morgan fingerprint density at radius 2 is 1.59 bits per heavy atom. The predicted octanol–water partition coefficient (Wildman–Crippen LogP) is 1.74. The molecule has 2 amide bonds. The summed E-state index contributed by atoms with van der Waals surface area (Å²) in [7, 11) is 1.55. The van der Waals surface area contributed by atoms with Crippen LogP contribution >= 0.6 is 0 Å². The molecule has 0 spiro atoms. The van der Waals surface area contributed by atoms with Gasteiger partial charge in [-0.1, -0.05) is 0 Å². The number of esters is 1. The second kappa shape index (κ2) is 9.23. The van der Waals surface area contributed by atoms with Crippen LogP contribution in [-0.2, 0) is 14.3 Å². The van der Waals surface area contributed by atoms with Gasteiger partial charge in [-0.15, -0.1) is 0 Å². The Kier molecular flexibility index (Phi) is 6.76. The molecule has 0 aliphatic heterocycles. The molecule has 0 unspecified atom stereocenters. The molecule has 2 rings (SSSR count). The number of primary amides is 1. The minimum absolute atomic E-state index is 0.322. The van der Waals surface area contributed by atoms with E-state index in [1.165, 1.54) is 31.2 Å². The molecule has 1 atom stereocenters. The van der Waals surface area contributed by atoms with Crippen LogP contribution in [0, 0.1) is 0 Å². The number of amides is 2. The number of methoxy groups -OCH3 is 1. The van der Waals surface area contributed by atoms with Crippen molar-refractivity contribution in [3.8, 4) is 11.5 Å². The zero-order valence-electron chi connectivity index (χ0n) is 14.9. The molecule has 0 aliphatic carbocycles. The first-order chi connectivity index (χ1) is 12.9. The van der Waals surface area contributed by atoms with Gasteiger partial charge < -0.3 is 25.3 Å². The highest BCUT2D eigenvalue weighted by molar-refractivity contribution is 5.96. The molecule has 0 fully saturated rings. The van der Waals surface area contributed by atoms with Gasteiger partial charge in [0.05, 0.1) is 7.11 Å². The fourth-order valence-corrected chi connectivity index (χ4v) is 2.06. The van der Waals surface area contributed by atoms with E-state index in [1.807, 2.05) is 0 Å². The number of rotatable bonds is 8. The van der Waals surface area contributed by atoms with Gasteiger partial charge in [-0.2, -0.15) is 0 Å².